The van der Waals surface area contributed by atoms with Crippen LogP contribution in [0.3, 0.4) is 0 Å². The fraction of sp³-hybridized carbons (Fsp3) is 0.562. The van der Waals surface area contributed by atoms with Crippen molar-refractivity contribution in [3.05, 3.63) is 17.7 Å². The number of halogens is 1. The van der Waals surface area contributed by atoms with Gasteiger partial charge in [0.25, 0.3) is 0 Å². The molecular weight excluding hydrogens is 292 g/mol. The van der Waals surface area contributed by atoms with Crippen molar-refractivity contribution >= 4 is 17.4 Å². The number of hydrogen-bond acceptors (Lipinski definition) is 4. The number of benzene rings is 1. The van der Waals surface area contributed by atoms with Crippen LogP contribution < -0.4 is 14.2 Å². The van der Waals surface area contributed by atoms with Crippen LogP contribution in [0, 0.1) is 0 Å². The zero-order chi connectivity index (χ0) is 15.7. The molecule has 0 bridgehead atoms. The van der Waals surface area contributed by atoms with Crippen molar-refractivity contribution in [1.29, 1.82) is 0 Å². The SMILES string of the molecule is CCOc1cc(OCC)c(C(=O)CCCCl)c(OCC)c1. The molecule has 0 heterocycles. The molecule has 21 heavy (non-hydrogen) atoms. The topological polar surface area (TPSA) is 44.8 Å². The van der Waals surface area contributed by atoms with Crippen LogP contribution >= 0.6 is 11.6 Å². The summed E-state index contributed by atoms with van der Waals surface area (Å²) in [6.45, 7) is 7.13. The van der Waals surface area contributed by atoms with Gasteiger partial charge in [-0.15, -0.1) is 11.6 Å². The number of ether oxygens (including phenoxy) is 3. The van der Waals surface area contributed by atoms with E-state index in [4.69, 9.17) is 25.8 Å². The fourth-order valence-corrected chi connectivity index (χ4v) is 2.12. The molecule has 0 unspecified atom stereocenters. The summed E-state index contributed by atoms with van der Waals surface area (Å²) < 4.78 is 16.7. The molecule has 0 aliphatic rings. The first-order valence-corrected chi connectivity index (χ1v) is 7.86. The highest BCUT2D eigenvalue weighted by Gasteiger charge is 2.20. The highest BCUT2D eigenvalue weighted by atomic mass is 35.5. The molecule has 5 heteroatoms. The standard InChI is InChI=1S/C16H23ClO4/c1-4-19-12-10-14(20-5-2)16(13(18)8-7-9-17)15(11-12)21-6-3/h10-11H,4-9H2,1-3H3. The van der Waals surface area contributed by atoms with Crippen molar-refractivity contribution in [2.24, 2.45) is 0 Å². The van der Waals surface area contributed by atoms with Gasteiger partial charge >= 0.3 is 0 Å². The minimum atomic E-state index is -0.0226. The van der Waals surface area contributed by atoms with E-state index in [9.17, 15) is 4.79 Å². The Morgan fingerprint density at radius 3 is 1.95 bits per heavy atom. The highest BCUT2D eigenvalue weighted by Crippen LogP contribution is 2.35. The Balaban J connectivity index is 3.23. The predicted octanol–water partition coefficient (Wildman–Crippen LogP) is 4.08. The van der Waals surface area contributed by atoms with Gasteiger partial charge in [-0.3, -0.25) is 4.79 Å². The molecule has 4 nitrogen and oxygen atoms in total. The average molecular weight is 315 g/mol. The van der Waals surface area contributed by atoms with Gasteiger partial charge in [0.15, 0.2) is 5.78 Å². The number of alkyl halides is 1. The Hall–Kier alpha value is -1.42. The molecule has 0 radical (unpaired) electrons. The third-order valence-electron chi connectivity index (χ3n) is 2.77. The van der Waals surface area contributed by atoms with Crippen molar-refractivity contribution in [3.63, 3.8) is 0 Å². The molecule has 0 aliphatic carbocycles. The van der Waals surface area contributed by atoms with Gasteiger partial charge < -0.3 is 14.2 Å². The maximum Gasteiger partial charge on any atom is 0.170 e. The third-order valence-corrected chi connectivity index (χ3v) is 3.03. The maximum absolute atomic E-state index is 12.4. The summed E-state index contributed by atoms with van der Waals surface area (Å²) in [5, 5.41) is 0. The highest BCUT2D eigenvalue weighted by molar-refractivity contribution is 6.18. The van der Waals surface area contributed by atoms with E-state index in [1.165, 1.54) is 0 Å². The van der Waals surface area contributed by atoms with Gasteiger partial charge in [0.2, 0.25) is 0 Å². The second kappa shape index (κ2) is 9.50. The van der Waals surface area contributed by atoms with Crippen LogP contribution in [0.15, 0.2) is 12.1 Å². The summed E-state index contributed by atoms with van der Waals surface area (Å²) >= 11 is 5.67. The van der Waals surface area contributed by atoms with E-state index >= 15 is 0 Å². The molecule has 0 N–H and O–H groups in total. The number of ketones is 1. The number of Topliss-reactive ketones (excluding diaryl/α,β-unsaturated/α-hetero) is 1. The van der Waals surface area contributed by atoms with Crippen LogP contribution in [0.1, 0.15) is 44.0 Å². The molecule has 0 fully saturated rings. The molecule has 1 aromatic rings. The van der Waals surface area contributed by atoms with Gasteiger partial charge in [-0.2, -0.15) is 0 Å². The molecule has 0 spiro atoms. The summed E-state index contributed by atoms with van der Waals surface area (Å²) in [6, 6.07) is 3.48. The second-order valence-corrected chi connectivity index (χ2v) is 4.69. The normalized spacial score (nSPS) is 10.3. The number of carbonyl (C=O) groups is 1. The smallest absolute Gasteiger partial charge is 0.170 e. The Bertz CT molecular complexity index is 433. The zero-order valence-corrected chi connectivity index (χ0v) is 13.7. The summed E-state index contributed by atoms with van der Waals surface area (Å²) in [6.07, 6.45) is 1.00. The fourth-order valence-electron chi connectivity index (χ4n) is 1.98. The van der Waals surface area contributed by atoms with Crippen molar-refractivity contribution in [3.8, 4) is 17.2 Å². The summed E-state index contributed by atoms with van der Waals surface area (Å²) in [7, 11) is 0. The van der Waals surface area contributed by atoms with Crippen molar-refractivity contribution in [1.82, 2.24) is 0 Å². The van der Waals surface area contributed by atoms with E-state index in [1.807, 2.05) is 20.8 Å². The number of hydrogen-bond donors (Lipinski definition) is 0. The monoisotopic (exact) mass is 314 g/mol. The van der Waals surface area contributed by atoms with Crippen LogP contribution in [0.5, 0.6) is 17.2 Å². The largest absolute Gasteiger partial charge is 0.494 e. The van der Waals surface area contributed by atoms with E-state index in [0.29, 0.717) is 61.4 Å². The van der Waals surface area contributed by atoms with E-state index < -0.39 is 0 Å². The van der Waals surface area contributed by atoms with Gasteiger partial charge in [0.05, 0.1) is 19.8 Å². The summed E-state index contributed by atoms with van der Waals surface area (Å²) in [5.74, 6) is 2.08. The van der Waals surface area contributed by atoms with E-state index in [-0.39, 0.29) is 5.78 Å². The van der Waals surface area contributed by atoms with Crippen LogP contribution in [-0.4, -0.2) is 31.5 Å². The van der Waals surface area contributed by atoms with Crippen LogP contribution in [-0.2, 0) is 0 Å². The van der Waals surface area contributed by atoms with E-state index in [0.717, 1.165) is 0 Å². The third kappa shape index (κ3) is 5.12. The van der Waals surface area contributed by atoms with Gasteiger partial charge in [-0.1, -0.05) is 0 Å². The molecular formula is C16H23ClO4. The zero-order valence-electron chi connectivity index (χ0n) is 12.9. The second-order valence-electron chi connectivity index (χ2n) is 4.31. The lowest BCUT2D eigenvalue weighted by molar-refractivity contribution is 0.0974. The minimum absolute atomic E-state index is 0.0226. The lowest BCUT2D eigenvalue weighted by Gasteiger charge is -2.16. The molecule has 0 saturated heterocycles. The van der Waals surface area contributed by atoms with Crippen molar-refractivity contribution < 1.29 is 19.0 Å². The minimum Gasteiger partial charge on any atom is -0.494 e. The molecule has 0 atom stereocenters. The van der Waals surface area contributed by atoms with Gasteiger partial charge in [0.1, 0.15) is 22.8 Å². The summed E-state index contributed by atoms with van der Waals surface area (Å²) in [5.41, 5.74) is 0.479. The van der Waals surface area contributed by atoms with Crippen molar-refractivity contribution in [2.75, 3.05) is 25.7 Å². The lowest BCUT2D eigenvalue weighted by atomic mass is 10.0. The molecule has 0 aromatic heterocycles. The van der Waals surface area contributed by atoms with Crippen LogP contribution in [0.25, 0.3) is 0 Å². The molecule has 0 aliphatic heterocycles. The van der Waals surface area contributed by atoms with Crippen molar-refractivity contribution in [2.45, 2.75) is 33.6 Å². The lowest BCUT2D eigenvalue weighted by Crippen LogP contribution is -2.09. The molecule has 118 valence electrons. The Morgan fingerprint density at radius 2 is 1.52 bits per heavy atom. The Kier molecular flexibility index (Phi) is 7.98. The first-order valence-electron chi connectivity index (χ1n) is 7.33. The van der Waals surface area contributed by atoms with Gasteiger partial charge in [0, 0.05) is 24.4 Å². The van der Waals surface area contributed by atoms with Gasteiger partial charge in [-0.05, 0) is 27.2 Å². The average Bonchev–Trinajstić information content (AvgIpc) is 2.46. The maximum atomic E-state index is 12.4. The van der Waals surface area contributed by atoms with Gasteiger partial charge in [-0.25, -0.2) is 0 Å². The Labute approximate surface area is 131 Å². The van der Waals surface area contributed by atoms with Crippen LogP contribution in [0.2, 0.25) is 0 Å². The molecule has 1 rings (SSSR count). The number of rotatable bonds is 10. The Morgan fingerprint density at radius 1 is 1.00 bits per heavy atom. The predicted molar refractivity (Wildman–Crippen MR) is 84.2 cm³/mol. The molecule has 0 amide bonds. The first kappa shape index (κ1) is 17.6. The molecule has 1 aromatic carbocycles. The first-order chi connectivity index (χ1) is 10.2. The van der Waals surface area contributed by atoms with E-state index in [2.05, 4.69) is 0 Å². The van der Waals surface area contributed by atoms with Crippen LogP contribution in [0.4, 0.5) is 0 Å². The molecule has 0 saturated carbocycles. The van der Waals surface area contributed by atoms with E-state index in [1.54, 1.807) is 12.1 Å². The summed E-state index contributed by atoms with van der Waals surface area (Å²) in [4.78, 5) is 12.4. The quantitative estimate of drug-likeness (QED) is 0.482. The number of carbonyl (C=O) groups excluding carboxylic acids is 1.